The van der Waals surface area contributed by atoms with Crippen molar-refractivity contribution in [2.75, 3.05) is 7.11 Å². The lowest BCUT2D eigenvalue weighted by Gasteiger charge is -2.09. The Morgan fingerprint density at radius 3 is 2.93 bits per heavy atom. The fourth-order valence-electron chi connectivity index (χ4n) is 1.33. The molecule has 0 spiro atoms. The number of aromatic nitrogens is 1. The van der Waals surface area contributed by atoms with Gasteiger partial charge in [-0.15, -0.1) is 12.3 Å². The minimum absolute atomic E-state index is 0.108. The van der Waals surface area contributed by atoms with Gasteiger partial charge < -0.3 is 10.5 Å². The van der Waals surface area contributed by atoms with Crippen LogP contribution in [0.25, 0.3) is 0 Å². The van der Waals surface area contributed by atoms with Crippen molar-refractivity contribution in [3.63, 3.8) is 0 Å². The number of pyridine rings is 1. The summed E-state index contributed by atoms with van der Waals surface area (Å²) in [7, 11) is 1.60. The van der Waals surface area contributed by atoms with E-state index in [0.29, 0.717) is 5.88 Å². The number of hydrogen-bond acceptors (Lipinski definition) is 3. The summed E-state index contributed by atoms with van der Waals surface area (Å²) in [5.74, 6) is 3.21. The molecule has 0 radical (unpaired) electrons. The summed E-state index contributed by atoms with van der Waals surface area (Å²) in [5.41, 5.74) is 7.02. The first-order chi connectivity index (χ1) is 7.26. The van der Waals surface area contributed by atoms with E-state index in [1.54, 1.807) is 13.3 Å². The van der Waals surface area contributed by atoms with E-state index in [0.717, 1.165) is 24.8 Å². The van der Waals surface area contributed by atoms with Crippen LogP contribution in [0.5, 0.6) is 5.88 Å². The highest BCUT2D eigenvalue weighted by Gasteiger charge is 2.03. The second-order valence-electron chi connectivity index (χ2n) is 3.42. The van der Waals surface area contributed by atoms with E-state index >= 15 is 0 Å². The summed E-state index contributed by atoms with van der Waals surface area (Å²) < 4.78 is 4.97. The normalized spacial score (nSPS) is 11.8. The lowest BCUT2D eigenvalue weighted by Crippen LogP contribution is -2.22. The minimum atomic E-state index is 0.108. The molecule has 2 N–H and O–H groups in total. The van der Waals surface area contributed by atoms with Crippen LogP contribution in [-0.4, -0.2) is 18.1 Å². The van der Waals surface area contributed by atoms with Crippen molar-refractivity contribution < 1.29 is 4.74 Å². The van der Waals surface area contributed by atoms with E-state index in [-0.39, 0.29) is 6.04 Å². The maximum atomic E-state index is 5.91. The van der Waals surface area contributed by atoms with E-state index in [9.17, 15) is 0 Å². The van der Waals surface area contributed by atoms with Crippen molar-refractivity contribution in [3.8, 4) is 18.2 Å². The van der Waals surface area contributed by atoms with Crippen LogP contribution in [0.2, 0.25) is 0 Å². The van der Waals surface area contributed by atoms with Crippen LogP contribution in [-0.2, 0) is 6.42 Å². The second-order valence-corrected chi connectivity index (χ2v) is 3.42. The molecule has 0 aliphatic rings. The van der Waals surface area contributed by atoms with Gasteiger partial charge >= 0.3 is 0 Å². The molecule has 0 aliphatic heterocycles. The molecule has 0 saturated carbocycles. The standard InChI is InChI=1S/C12H16N2O/c1-3-4-5-11(13)8-10-6-7-12(15-2)14-9-10/h1,6-7,9,11H,4-5,8,13H2,2H3. The van der Waals surface area contributed by atoms with Gasteiger partial charge in [0.2, 0.25) is 5.88 Å². The first kappa shape index (κ1) is 11.5. The summed E-state index contributed by atoms with van der Waals surface area (Å²) in [6, 6.07) is 3.92. The first-order valence-electron chi connectivity index (χ1n) is 4.94. The summed E-state index contributed by atoms with van der Waals surface area (Å²) in [5, 5.41) is 0. The number of methoxy groups -OCH3 is 1. The number of nitrogens with zero attached hydrogens (tertiary/aromatic N) is 1. The van der Waals surface area contributed by atoms with E-state index in [1.807, 2.05) is 12.1 Å². The van der Waals surface area contributed by atoms with Gasteiger partial charge in [0.1, 0.15) is 0 Å². The molecule has 3 nitrogen and oxygen atoms in total. The summed E-state index contributed by atoms with van der Waals surface area (Å²) >= 11 is 0. The van der Waals surface area contributed by atoms with Crippen molar-refractivity contribution in [2.45, 2.75) is 25.3 Å². The Labute approximate surface area is 90.7 Å². The predicted octanol–water partition coefficient (Wildman–Crippen LogP) is 1.37. The number of rotatable bonds is 5. The van der Waals surface area contributed by atoms with E-state index in [1.165, 1.54) is 0 Å². The smallest absolute Gasteiger partial charge is 0.212 e. The number of nitrogens with two attached hydrogens (primary N) is 1. The number of hydrogen-bond donors (Lipinski definition) is 1. The average Bonchev–Trinajstić information content (AvgIpc) is 2.27. The Bertz CT molecular complexity index is 326. The molecule has 0 aromatic carbocycles. The molecule has 0 amide bonds. The molecule has 1 unspecified atom stereocenters. The largest absolute Gasteiger partial charge is 0.481 e. The molecular weight excluding hydrogens is 188 g/mol. The van der Waals surface area contributed by atoms with Gasteiger partial charge in [-0.05, 0) is 18.4 Å². The molecule has 1 atom stereocenters. The van der Waals surface area contributed by atoms with Crippen LogP contribution >= 0.6 is 0 Å². The highest BCUT2D eigenvalue weighted by atomic mass is 16.5. The number of terminal acetylenes is 1. The van der Waals surface area contributed by atoms with E-state index in [2.05, 4.69) is 10.9 Å². The van der Waals surface area contributed by atoms with Gasteiger partial charge in [-0.25, -0.2) is 4.98 Å². The van der Waals surface area contributed by atoms with Crippen molar-refractivity contribution >= 4 is 0 Å². The lowest BCUT2D eigenvalue weighted by molar-refractivity contribution is 0.397. The summed E-state index contributed by atoms with van der Waals surface area (Å²) in [4.78, 5) is 4.11. The van der Waals surface area contributed by atoms with Crippen LogP contribution < -0.4 is 10.5 Å². The number of ether oxygens (including phenoxy) is 1. The fraction of sp³-hybridized carbons (Fsp3) is 0.417. The quantitative estimate of drug-likeness (QED) is 0.737. The van der Waals surface area contributed by atoms with Crippen molar-refractivity contribution in [2.24, 2.45) is 5.73 Å². The Morgan fingerprint density at radius 2 is 2.40 bits per heavy atom. The molecule has 1 rings (SSSR count). The Kier molecular flexibility index (Phi) is 4.65. The molecule has 0 fully saturated rings. The third-order valence-corrected chi connectivity index (χ3v) is 2.16. The molecular formula is C12H16N2O. The first-order valence-corrected chi connectivity index (χ1v) is 4.94. The second kappa shape index (κ2) is 6.05. The fourth-order valence-corrected chi connectivity index (χ4v) is 1.33. The van der Waals surface area contributed by atoms with Gasteiger partial charge in [0.05, 0.1) is 7.11 Å². The van der Waals surface area contributed by atoms with Crippen LogP contribution in [0, 0.1) is 12.3 Å². The van der Waals surface area contributed by atoms with Crippen LogP contribution in [0.4, 0.5) is 0 Å². The third kappa shape index (κ3) is 4.01. The van der Waals surface area contributed by atoms with Crippen molar-refractivity contribution in [1.29, 1.82) is 0 Å². The molecule has 1 aromatic heterocycles. The Morgan fingerprint density at radius 1 is 1.60 bits per heavy atom. The van der Waals surface area contributed by atoms with Crippen molar-refractivity contribution in [1.82, 2.24) is 4.98 Å². The van der Waals surface area contributed by atoms with Gasteiger partial charge in [0, 0.05) is 24.7 Å². The van der Waals surface area contributed by atoms with Gasteiger partial charge in [-0.1, -0.05) is 6.07 Å². The summed E-state index contributed by atoms with van der Waals surface area (Å²) in [6.07, 6.45) is 9.34. The lowest BCUT2D eigenvalue weighted by atomic mass is 10.0. The minimum Gasteiger partial charge on any atom is -0.481 e. The van der Waals surface area contributed by atoms with Crippen LogP contribution in [0.3, 0.4) is 0 Å². The van der Waals surface area contributed by atoms with Crippen LogP contribution in [0.15, 0.2) is 18.3 Å². The monoisotopic (exact) mass is 204 g/mol. The van der Waals surface area contributed by atoms with E-state index < -0.39 is 0 Å². The molecule has 3 heteroatoms. The van der Waals surface area contributed by atoms with Gasteiger partial charge in [-0.2, -0.15) is 0 Å². The maximum absolute atomic E-state index is 5.91. The average molecular weight is 204 g/mol. The highest BCUT2D eigenvalue weighted by molar-refractivity contribution is 5.18. The summed E-state index contributed by atoms with van der Waals surface area (Å²) in [6.45, 7) is 0. The maximum Gasteiger partial charge on any atom is 0.212 e. The zero-order chi connectivity index (χ0) is 11.1. The van der Waals surface area contributed by atoms with Gasteiger partial charge in [0.25, 0.3) is 0 Å². The zero-order valence-corrected chi connectivity index (χ0v) is 8.94. The molecule has 15 heavy (non-hydrogen) atoms. The van der Waals surface area contributed by atoms with Crippen LogP contribution in [0.1, 0.15) is 18.4 Å². The highest BCUT2D eigenvalue weighted by Crippen LogP contribution is 2.09. The third-order valence-electron chi connectivity index (χ3n) is 2.16. The molecule has 80 valence electrons. The Balaban J connectivity index is 2.46. The zero-order valence-electron chi connectivity index (χ0n) is 8.94. The molecule has 0 aliphatic carbocycles. The van der Waals surface area contributed by atoms with Gasteiger partial charge in [-0.3, -0.25) is 0 Å². The van der Waals surface area contributed by atoms with Gasteiger partial charge in [0.15, 0.2) is 0 Å². The molecule has 0 saturated heterocycles. The van der Waals surface area contributed by atoms with E-state index in [4.69, 9.17) is 16.9 Å². The topological polar surface area (TPSA) is 48.1 Å². The molecule has 1 aromatic rings. The predicted molar refractivity (Wildman–Crippen MR) is 60.5 cm³/mol. The SMILES string of the molecule is C#CCCC(N)Cc1ccc(OC)nc1. The van der Waals surface area contributed by atoms with Crippen molar-refractivity contribution in [3.05, 3.63) is 23.9 Å². The Hall–Kier alpha value is -1.53. The molecule has 1 heterocycles. The molecule has 0 bridgehead atoms.